The number of halogens is 1. The van der Waals surface area contributed by atoms with E-state index in [1.165, 1.54) is 11.8 Å². The van der Waals surface area contributed by atoms with Gasteiger partial charge in [0.25, 0.3) is 5.91 Å². The van der Waals surface area contributed by atoms with Crippen molar-refractivity contribution in [2.24, 2.45) is 4.99 Å². The summed E-state index contributed by atoms with van der Waals surface area (Å²) >= 11 is 7.29. The third kappa shape index (κ3) is 2.43. The fourth-order valence-electron chi connectivity index (χ4n) is 1.13. The molecular weight excluding hydrogens is 234 g/mol. The average molecular weight is 242 g/mol. The van der Waals surface area contributed by atoms with Crippen molar-refractivity contribution < 1.29 is 4.79 Å². The first-order valence-electron chi connectivity index (χ1n) is 4.21. The number of hydrogen-bond donors (Lipinski definition) is 2. The molecule has 6 heteroatoms. The summed E-state index contributed by atoms with van der Waals surface area (Å²) in [6.45, 7) is 0. The quantitative estimate of drug-likeness (QED) is 0.738. The van der Waals surface area contributed by atoms with Gasteiger partial charge in [0.05, 0.1) is 16.5 Å². The van der Waals surface area contributed by atoms with Crippen LogP contribution in [0.1, 0.15) is 0 Å². The van der Waals surface area contributed by atoms with Crippen LogP contribution >= 0.6 is 23.4 Å². The third-order valence-electron chi connectivity index (χ3n) is 1.79. The van der Waals surface area contributed by atoms with Gasteiger partial charge in [-0.25, -0.2) is 0 Å². The first-order chi connectivity index (χ1) is 7.15. The summed E-state index contributed by atoms with van der Waals surface area (Å²) in [5, 5.41) is 4.07. The maximum absolute atomic E-state index is 10.9. The summed E-state index contributed by atoms with van der Waals surface area (Å²) in [5.41, 5.74) is 6.89. The Labute approximate surface area is 95.9 Å². The van der Waals surface area contributed by atoms with Crippen molar-refractivity contribution >= 4 is 45.8 Å². The number of amidine groups is 1. The topological polar surface area (TPSA) is 67.5 Å². The van der Waals surface area contributed by atoms with Crippen LogP contribution in [0.2, 0.25) is 5.02 Å². The molecular formula is C9H8ClN3OS. The van der Waals surface area contributed by atoms with E-state index in [0.717, 1.165) is 0 Å². The Morgan fingerprint density at radius 2 is 2.33 bits per heavy atom. The van der Waals surface area contributed by atoms with Crippen molar-refractivity contribution in [3.8, 4) is 0 Å². The number of nitrogen functional groups attached to an aromatic ring is 1. The Morgan fingerprint density at radius 1 is 1.53 bits per heavy atom. The molecule has 0 spiro atoms. The Kier molecular flexibility index (Phi) is 2.83. The summed E-state index contributed by atoms with van der Waals surface area (Å²) in [6, 6.07) is 5.11. The minimum absolute atomic E-state index is 0.137. The highest BCUT2D eigenvalue weighted by molar-refractivity contribution is 8.15. The van der Waals surface area contributed by atoms with E-state index in [9.17, 15) is 4.79 Å². The molecule has 78 valence electrons. The van der Waals surface area contributed by atoms with Gasteiger partial charge < -0.3 is 11.1 Å². The molecule has 0 aliphatic carbocycles. The summed E-state index contributed by atoms with van der Waals surface area (Å²) < 4.78 is 0. The maximum atomic E-state index is 10.9. The third-order valence-corrected chi connectivity index (χ3v) is 2.98. The zero-order valence-corrected chi connectivity index (χ0v) is 9.23. The lowest BCUT2D eigenvalue weighted by Gasteiger charge is -2.07. The van der Waals surface area contributed by atoms with E-state index in [1.54, 1.807) is 18.2 Å². The van der Waals surface area contributed by atoms with E-state index >= 15 is 0 Å². The van der Waals surface area contributed by atoms with Gasteiger partial charge in [0.1, 0.15) is 0 Å². The molecule has 1 heterocycles. The zero-order valence-electron chi connectivity index (χ0n) is 7.66. The van der Waals surface area contributed by atoms with E-state index < -0.39 is 0 Å². The fourth-order valence-corrected chi connectivity index (χ4v) is 1.96. The van der Waals surface area contributed by atoms with Crippen LogP contribution in [0.3, 0.4) is 0 Å². The molecule has 15 heavy (non-hydrogen) atoms. The molecule has 1 amide bonds. The van der Waals surface area contributed by atoms with Crippen LogP contribution in [-0.4, -0.2) is 16.8 Å². The summed E-state index contributed by atoms with van der Waals surface area (Å²) in [6.07, 6.45) is 0. The number of nitrogens with zero attached hydrogens (tertiary/aromatic N) is 1. The first-order valence-corrected chi connectivity index (χ1v) is 5.58. The van der Waals surface area contributed by atoms with Gasteiger partial charge in [0.2, 0.25) is 0 Å². The Bertz CT molecular complexity index is 447. The van der Waals surface area contributed by atoms with Gasteiger partial charge in [-0.2, -0.15) is 4.99 Å². The number of anilines is 2. The lowest BCUT2D eigenvalue weighted by atomic mass is 10.3. The molecule has 0 saturated heterocycles. The predicted molar refractivity (Wildman–Crippen MR) is 64.4 cm³/mol. The second-order valence-corrected chi connectivity index (χ2v) is 4.33. The monoisotopic (exact) mass is 241 g/mol. The van der Waals surface area contributed by atoms with Crippen molar-refractivity contribution in [3.05, 3.63) is 23.2 Å². The molecule has 4 nitrogen and oxygen atoms in total. The van der Waals surface area contributed by atoms with Gasteiger partial charge in [0, 0.05) is 5.69 Å². The highest BCUT2D eigenvalue weighted by atomic mass is 35.5. The summed E-state index contributed by atoms with van der Waals surface area (Å²) in [5.74, 6) is 0.241. The minimum Gasteiger partial charge on any atom is -0.399 e. The van der Waals surface area contributed by atoms with Gasteiger partial charge in [-0.3, -0.25) is 4.79 Å². The Morgan fingerprint density at radius 3 is 3.00 bits per heavy atom. The van der Waals surface area contributed by atoms with Crippen LogP contribution in [0.25, 0.3) is 0 Å². The molecule has 1 aliphatic heterocycles. The summed E-state index contributed by atoms with van der Waals surface area (Å²) in [4.78, 5) is 14.7. The molecule has 0 fully saturated rings. The van der Waals surface area contributed by atoms with Crippen LogP contribution in [0.5, 0.6) is 0 Å². The molecule has 0 saturated carbocycles. The molecule has 1 aromatic rings. The van der Waals surface area contributed by atoms with Crippen LogP contribution in [-0.2, 0) is 4.79 Å². The molecule has 1 aromatic carbocycles. The second-order valence-electron chi connectivity index (χ2n) is 2.96. The number of nitrogens with one attached hydrogen (secondary N) is 1. The van der Waals surface area contributed by atoms with Crippen LogP contribution in [0.15, 0.2) is 23.2 Å². The highest BCUT2D eigenvalue weighted by Crippen LogP contribution is 2.26. The van der Waals surface area contributed by atoms with E-state index in [0.29, 0.717) is 27.3 Å². The lowest BCUT2D eigenvalue weighted by molar-refractivity contribution is -0.115. The SMILES string of the molecule is Nc1ccc(Cl)c(NC2=NC(=O)CS2)c1. The van der Waals surface area contributed by atoms with Gasteiger partial charge in [0.15, 0.2) is 5.17 Å². The maximum Gasteiger partial charge on any atom is 0.258 e. The average Bonchev–Trinajstić information content (AvgIpc) is 2.58. The largest absolute Gasteiger partial charge is 0.399 e. The fraction of sp³-hybridized carbons (Fsp3) is 0.111. The minimum atomic E-state index is -0.137. The Hall–Kier alpha value is -1.20. The van der Waals surface area contributed by atoms with Gasteiger partial charge in [-0.15, -0.1) is 0 Å². The molecule has 0 unspecified atom stereocenters. The number of amides is 1. The normalized spacial score (nSPS) is 15.3. The standard InChI is InChI=1S/C9H8ClN3OS/c10-6-2-1-5(11)3-7(6)12-9-13-8(14)4-15-9/h1-3H,4,11H2,(H,12,13,14). The van der Waals surface area contributed by atoms with Gasteiger partial charge >= 0.3 is 0 Å². The van der Waals surface area contributed by atoms with E-state index in [1.807, 2.05) is 0 Å². The number of carbonyl (C=O) groups excluding carboxylic acids is 1. The lowest BCUT2D eigenvalue weighted by Crippen LogP contribution is -2.05. The van der Waals surface area contributed by atoms with Gasteiger partial charge in [-0.05, 0) is 18.2 Å². The number of nitrogens with two attached hydrogens (primary N) is 1. The van der Waals surface area contributed by atoms with Crippen molar-refractivity contribution in [1.29, 1.82) is 0 Å². The van der Waals surface area contributed by atoms with Crippen LogP contribution < -0.4 is 11.1 Å². The second kappa shape index (κ2) is 4.12. The number of benzene rings is 1. The summed E-state index contributed by atoms with van der Waals surface area (Å²) in [7, 11) is 0. The van der Waals surface area contributed by atoms with Crippen molar-refractivity contribution in [3.63, 3.8) is 0 Å². The predicted octanol–water partition coefficient (Wildman–Crippen LogP) is 1.96. The molecule has 0 aromatic heterocycles. The van der Waals surface area contributed by atoms with Crippen molar-refractivity contribution in [2.75, 3.05) is 16.8 Å². The van der Waals surface area contributed by atoms with Crippen LogP contribution in [0.4, 0.5) is 11.4 Å². The smallest absolute Gasteiger partial charge is 0.258 e. The Balaban J connectivity index is 2.20. The molecule has 2 rings (SSSR count). The number of rotatable bonds is 1. The molecule has 0 bridgehead atoms. The van der Waals surface area contributed by atoms with Gasteiger partial charge in [-0.1, -0.05) is 23.4 Å². The zero-order chi connectivity index (χ0) is 10.8. The number of aliphatic imine (C=N–C) groups is 1. The van der Waals surface area contributed by atoms with Crippen molar-refractivity contribution in [1.82, 2.24) is 0 Å². The van der Waals surface area contributed by atoms with Crippen LogP contribution in [0, 0.1) is 0 Å². The molecule has 3 N–H and O–H groups in total. The highest BCUT2D eigenvalue weighted by Gasteiger charge is 2.15. The van der Waals surface area contributed by atoms with E-state index in [4.69, 9.17) is 17.3 Å². The number of hydrogen-bond acceptors (Lipinski definition) is 4. The van der Waals surface area contributed by atoms with E-state index in [-0.39, 0.29) is 5.91 Å². The molecule has 0 radical (unpaired) electrons. The first kappa shape index (κ1) is 10.3. The van der Waals surface area contributed by atoms with E-state index in [2.05, 4.69) is 10.3 Å². The molecule has 1 aliphatic rings. The number of thioether (sulfide) groups is 1. The van der Waals surface area contributed by atoms with Crippen molar-refractivity contribution in [2.45, 2.75) is 0 Å². The molecule has 0 atom stereocenters. The number of carbonyl (C=O) groups is 1.